The molecule has 0 unspecified atom stereocenters. The number of carbonyl (C=O) groups is 1. The number of benzene rings is 1. The highest BCUT2D eigenvalue weighted by Gasteiger charge is 2.14. The Labute approximate surface area is 86.7 Å². The van der Waals surface area contributed by atoms with E-state index in [0.29, 0.717) is 11.3 Å². The molecule has 0 saturated carbocycles. The molecule has 0 heterocycles. The van der Waals surface area contributed by atoms with Gasteiger partial charge in [0.15, 0.2) is 0 Å². The van der Waals surface area contributed by atoms with Crippen molar-refractivity contribution in [3.05, 3.63) is 28.8 Å². The average Bonchev–Trinajstić information content (AvgIpc) is 2.26. The highest BCUT2D eigenvalue weighted by atomic mass is 16.5. The first-order valence-electron chi connectivity index (χ1n) is 4.18. The van der Waals surface area contributed by atoms with Crippen molar-refractivity contribution < 1.29 is 14.6 Å². The lowest BCUT2D eigenvalue weighted by atomic mass is 10.0. The molecule has 15 heavy (non-hydrogen) atoms. The first-order chi connectivity index (χ1) is 7.13. The van der Waals surface area contributed by atoms with Crippen molar-refractivity contribution in [1.82, 2.24) is 0 Å². The van der Waals surface area contributed by atoms with Crippen LogP contribution in [-0.4, -0.2) is 18.2 Å². The molecule has 0 amide bonds. The van der Waals surface area contributed by atoms with Crippen LogP contribution in [0.3, 0.4) is 0 Å². The first kappa shape index (κ1) is 11.0. The van der Waals surface area contributed by atoms with Crippen molar-refractivity contribution in [2.45, 2.75) is 6.54 Å². The van der Waals surface area contributed by atoms with Crippen LogP contribution in [0, 0.1) is 11.3 Å². The number of methoxy groups -OCH3 is 1. The molecular weight excluding hydrogens is 196 g/mol. The van der Waals surface area contributed by atoms with Crippen LogP contribution in [-0.2, 0) is 6.54 Å². The number of hydrogen-bond acceptors (Lipinski definition) is 4. The minimum Gasteiger partial charge on any atom is -0.495 e. The van der Waals surface area contributed by atoms with Crippen molar-refractivity contribution >= 4 is 5.97 Å². The second kappa shape index (κ2) is 4.44. The number of nitriles is 1. The fourth-order valence-electron chi connectivity index (χ4n) is 1.25. The zero-order valence-corrected chi connectivity index (χ0v) is 8.15. The summed E-state index contributed by atoms with van der Waals surface area (Å²) >= 11 is 0. The lowest BCUT2D eigenvalue weighted by Crippen LogP contribution is -2.08. The number of nitrogens with two attached hydrogens (primary N) is 1. The molecule has 1 aromatic carbocycles. The lowest BCUT2D eigenvalue weighted by molar-refractivity contribution is 0.0695. The normalized spacial score (nSPS) is 9.40. The van der Waals surface area contributed by atoms with E-state index in [9.17, 15) is 4.79 Å². The molecule has 0 spiro atoms. The lowest BCUT2D eigenvalue weighted by Gasteiger charge is -2.08. The molecule has 0 aromatic heterocycles. The highest BCUT2D eigenvalue weighted by Crippen LogP contribution is 2.22. The topological polar surface area (TPSA) is 96.3 Å². The van der Waals surface area contributed by atoms with Gasteiger partial charge in [-0.15, -0.1) is 0 Å². The van der Waals surface area contributed by atoms with Gasteiger partial charge in [-0.1, -0.05) is 0 Å². The molecule has 0 aliphatic carbocycles. The predicted octanol–water partition coefficient (Wildman–Crippen LogP) is 0.724. The Hall–Kier alpha value is -2.06. The van der Waals surface area contributed by atoms with E-state index in [1.54, 1.807) is 0 Å². The van der Waals surface area contributed by atoms with Crippen molar-refractivity contribution in [2.75, 3.05) is 7.11 Å². The molecule has 1 aromatic rings. The summed E-state index contributed by atoms with van der Waals surface area (Å²) in [6.07, 6.45) is 0. The number of nitrogens with zero attached hydrogens (tertiary/aromatic N) is 1. The third-order valence-electron chi connectivity index (χ3n) is 2.00. The maximum absolute atomic E-state index is 10.8. The van der Waals surface area contributed by atoms with Gasteiger partial charge in [0.05, 0.1) is 18.2 Å². The summed E-state index contributed by atoms with van der Waals surface area (Å²) in [5.74, 6) is -0.766. The molecule has 1 rings (SSSR count). The minimum absolute atomic E-state index is 0.0369. The molecule has 0 aliphatic heterocycles. The smallest absolute Gasteiger partial charge is 0.336 e. The molecule has 0 bridgehead atoms. The predicted molar refractivity (Wildman–Crippen MR) is 52.6 cm³/mol. The summed E-state index contributed by atoms with van der Waals surface area (Å²) in [5.41, 5.74) is 6.07. The van der Waals surface area contributed by atoms with Crippen LogP contribution < -0.4 is 10.5 Å². The summed E-state index contributed by atoms with van der Waals surface area (Å²) in [4.78, 5) is 10.8. The Morgan fingerprint density at radius 2 is 2.33 bits per heavy atom. The van der Waals surface area contributed by atoms with E-state index in [2.05, 4.69) is 0 Å². The summed E-state index contributed by atoms with van der Waals surface area (Å²) in [5, 5.41) is 17.6. The zero-order chi connectivity index (χ0) is 11.4. The number of carboxylic acids is 1. The van der Waals surface area contributed by atoms with Crippen LogP contribution in [0.15, 0.2) is 12.1 Å². The second-order valence-electron chi connectivity index (χ2n) is 2.83. The van der Waals surface area contributed by atoms with Crippen LogP contribution in [0.2, 0.25) is 0 Å². The molecular formula is C10H10N2O3. The molecule has 0 saturated heterocycles. The zero-order valence-electron chi connectivity index (χ0n) is 8.15. The van der Waals surface area contributed by atoms with Crippen LogP contribution in [0.4, 0.5) is 0 Å². The minimum atomic E-state index is -1.10. The number of carboxylic acid groups (broad SMARTS) is 1. The van der Waals surface area contributed by atoms with Crippen molar-refractivity contribution in [2.24, 2.45) is 5.73 Å². The van der Waals surface area contributed by atoms with Crippen molar-refractivity contribution in [1.29, 1.82) is 5.26 Å². The Balaban J connectivity index is 3.42. The van der Waals surface area contributed by atoms with Gasteiger partial charge in [-0.2, -0.15) is 5.26 Å². The van der Waals surface area contributed by atoms with Crippen LogP contribution in [0.1, 0.15) is 21.5 Å². The largest absolute Gasteiger partial charge is 0.495 e. The third kappa shape index (κ3) is 2.06. The Morgan fingerprint density at radius 3 is 2.73 bits per heavy atom. The quantitative estimate of drug-likeness (QED) is 0.759. The van der Waals surface area contributed by atoms with Crippen LogP contribution in [0.25, 0.3) is 0 Å². The van der Waals surface area contributed by atoms with E-state index in [-0.39, 0.29) is 17.7 Å². The number of rotatable bonds is 3. The van der Waals surface area contributed by atoms with Crippen molar-refractivity contribution in [3.63, 3.8) is 0 Å². The fraction of sp³-hybridized carbons (Fsp3) is 0.200. The van der Waals surface area contributed by atoms with Gasteiger partial charge < -0.3 is 15.6 Å². The molecule has 0 aliphatic rings. The highest BCUT2D eigenvalue weighted by molar-refractivity contribution is 5.90. The fourth-order valence-corrected chi connectivity index (χ4v) is 1.25. The maximum atomic E-state index is 10.8. The molecule has 78 valence electrons. The molecule has 5 nitrogen and oxygen atoms in total. The van der Waals surface area contributed by atoms with Gasteiger partial charge in [-0.05, 0) is 17.7 Å². The van der Waals surface area contributed by atoms with E-state index in [4.69, 9.17) is 20.8 Å². The first-order valence-corrected chi connectivity index (χ1v) is 4.18. The number of ether oxygens (including phenoxy) is 1. The van der Waals surface area contributed by atoms with Crippen LogP contribution >= 0.6 is 0 Å². The van der Waals surface area contributed by atoms with E-state index in [0.717, 1.165) is 0 Å². The van der Waals surface area contributed by atoms with Crippen LogP contribution in [0.5, 0.6) is 5.75 Å². The third-order valence-corrected chi connectivity index (χ3v) is 2.00. The summed E-state index contributed by atoms with van der Waals surface area (Å²) in [6.45, 7) is 0.0870. The van der Waals surface area contributed by atoms with Gasteiger partial charge in [0, 0.05) is 6.54 Å². The molecule has 0 radical (unpaired) electrons. The summed E-state index contributed by atoms with van der Waals surface area (Å²) in [6, 6.07) is 4.61. The van der Waals surface area contributed by atoms with Gasteiger partial charge in [0.1, 0.15) is 11.8 Å². The molecule has 3 N–H and O–H groups in total. The monoisotopic (exact) mass is 206 g/mol. The number of hydrogen-bond donors (Lipinski definition) is 2. The molecule has 0 fully saturated rings. The SMILES string of the molecule is COc1cc(CN)c(C(=O)O)cc1C#N. The van der Waals surface area contributed by atoms with Gasteiger partial charge in [-0.25, -0.2) is 4.79 Å². The second-order valence-corrected chi connectivity index (χ2v) is 2.83. The standard InChI is InChI=1S/C10H10N2O3/c1-15-9-3-6(4-11)8(10(13)14)2-7(9)5-12/h2-3H,4,11H2,1H3,(H,13,14). The van der Waals surface area contributed by atoms with Gasteiger partial charge in [0.25, 0.3) is 0 Å². The maximum Gasteiger partial charge on any atom is 0.336 e. The Bertz CT molecular complexity index is 435. The average molecular weight is 206 g/mol. The van der Waals surface area contributed by atoms with E-state index >= 15 is 0 Å². The van der Waals surface area contributed by atoms with Crippen molar-refractivity contribution in [3.8, 4) is 11.8 Å². The van der Waals surface area contributed by atoms with Gasteiger partial charge in [-0.3, -0.25) is 0 Å². The number of aromatic carboxylic acids is 1. The van der Waals surface area contributed by atoms with E-state index < -0.39 is 5.97 Å². The molecule has 5 heteroatoms. The molecule has 0 atom stereocenters. The van der Waals surface area contributed by atoms with E-state index in [1.165, 1.54) is 19.2 Å². The Morgan fingerprint density at radius 1 is 1.67 bits per heavy atom. The summed E-state index contributed by atoms with van der Waals surface area (Å²) in [7, 11) is 1.41. The van der Waals surface area contributed by atoms with E-state index in [1.807, 2.05) is 6.07 Å². The van der Waals surface area contributed by atoms with Gasteiger partial charge in [0.2, 0.25) is 0 Å². The van der Waals surface area contributed by atoms with Gasteiger partial charge >= 0.3 is 5.97 Å². The Kier molecular flexibility index (Phi) is 3.26. The summed E-state index contributed by atoms with van der Waals surface area (Å²) < 4.78 is 4.94.